The quantitative estimate of drug-likeness (QED) is 0.395. The number of rotatable bonds is 6. The standard InChI is InChI=1S/C32H43NO2/c1-18(2)23-14-12-15-24(19(3)4)28(23)27-22(9)33(31(35)32(10,11)30(27)34)29-25(20(5)6)16-13-17-26(29)21(7)8/h12-21,27H,9H2,1-8,10-11H3. The summed E-state index contributed by atoms with van der Waals surface area (Å²) in [5, 5.41) is 0. The zero-order chi connectivity index (χ0) is 26.4. The number of hydrogen-bond acceptors (Lipinski definition) is 2. The first-order valence-corrected chi connectivity index (χ1v) is 13.1. The third-order valence-electron chi connectivity index (χ3n) is 7.51. The molecule has 2 aromatic carbocycles. The van der Waals surface area contributed by atoms with Gasteiger partial charge in [-0.2, -0.15) is 0 Å². The van der Waals surface area contributed by atoms with Gasteiger partial charge in [0.05, 0.1) is 11.6 Å². The summed E-state index contributed by atoms with van der Waals surface area (Å²) in [4.78, 5) is 30.0. The summed E-state index contributed by atoms with van der Waals surface area (Å²) in [7, 11) is 0. The van der Waals surface area contributed by atoms with Crippen LogP contribution in [0.3, 0.4) is 0 Å². The van der Waals surface area contributed by atoms with E-state index in [0.717, 1.165) is 33.5 Å². The molecule has 3 rings (SSSR count). The van der Waals surface area contributed by atoms with Gasteiger partial charge in [-0.1, -0.05) is 98.4 Å². The molecule has 0 saturated carbocycles. The molecule has 35 heavy (non-hydrogen) atoms. The Morgan fingerprint density at radius 3 is 1.46 bits per heavy atom. The predicted molar refractivity (Wildman–Crippen MR) is 147 cm³/mol. The third-order valence-corrected chi connectivity index (χ3v) is 7.51. The Bertz CT molecular complexity index is 1010. The highest BCUT2D eigenvalue weighted by Crippen LogP contribution is 2.49. The summed E-state index contributed by atoms with van der Waals surface area (Å²) < 4.78 is 0. The van der Waals surface area contributed by atoms with Crippen LogP contribution >= 0.6 is 0 Å². The zero-order valence-electron chi connectivity index (χ0n) is 23.3. The number of Topliss-reactive ketones (excluding diaryl/α,β-unsaturated/α-hetero) is 1. The van der Waals surface area contributed by atoms with Gasteiger partial charge in [-0.3, -0.25) is 14.5 Å². The fourth-order valence-corrected chi connectivity index (χ4v) is 5.41. The number of ketones is 1. The van der Waals surface area contributed by atoms with E-state index in [9.17, 15) is 9.59 Å². The fourth-order valence-electron chi connectivity index (χ4n) is 5.41. The van der Waals surface area contributed by atoms with Crippen LogP contribution in [0, 0.1) is 5.41 Å². The van der Waals surface area contributed by atoms with Crippen LogP contribution < -0.4 is 4.90 Å². The van der Waals surface area contributed by atoms with Gasteiger partial charge in [0.15, 0.2) is 5.78 Å². The molecular weight excluding hydrogens is 430 g/mol. The molecule has 1 amide bonds. The lowest BCUT2D eigenvalue weighted by Crippen LogP contribution is -2.54. The molecule has 0 bridgehead atoms. The lowest BCUT2D eigenvalue weighted by molar-refractivity contribution is -0.140. The SMILES string of the molecule is C=C1C(c2c(C(C)C)cccc2C(C)C)C(=O)C(C)(C)C(=O)N1c1c(C(C)C)cccc1C(C)C. The molecule has 1 saturated heterocycles. The minimum Gasteiger partial charge on any atom is -0.297 e. The van der Waals surface area contributed by atoms with Crippen molar-refractivity contribution in [2.45, 2.75) is 98.8 Å². The van der Waals surface area contributed by atoms with Crippen molar-refractivity contribution in [2.24, 2.45) is 5.41 Å². The van der Waals surface area contributed by atoms with Crippen LogP contribution in [0.5, 0.6) is 0 Å². The number of para-hydroxylation sites is 1. The first kappa shape index (κ1) is 26.9. The molecular formula is C32H43NO2. The largest absolute Gasteiger partial charge is 0.297 e. The molecule has 1 fully saturated rings. The molecule has 1 heterocycles. The van der Waals surface area contributed by atoms with Crippen molar-refractivity contribution in [2.75, 3.05) is 4.90 Å². The first-order chi connectivity index (χ1) is 16.2. The smallest absolute Gasteiger partial charge is 0.244 e. The molecule has 1 aliphatic rings. The second-order valence-electron chi connectivity index (χ2n) is 11.8. The summed E-state index contributed by atoms with van der Waals surface area (Å²) in [5.41, 5.74) is 5.88. The molecule has 3 heteroatoms. The van der Waals surface area contributed by atoms with E-state index in [0.29, 0.717) is 5.70 Å². The highest BCUT2D eigenvalue weighted by molar-refractivity contribution is 6.20. The zero-order valence-corrected chi connectivity index (χ0v) is 23.3. The van der Waals surface area contributed by atoms with Crippen LogP contribution in [-0.2, 0) is 9.59 Å². The van der Waals surface area contributed by atoms with E-state index in [2.05, 4.69) is 98.4 Å². The van der Waals surface area contributed by atoms with Gasteiger partial charge in [0.25, 0.3) is 0 Å². The summed E-state index contributed by atoms with van der Waals surface area (Å²) in [6.07, 6.45) is 0. The van der Waals surface area contributed by atoms with Crippen LogP contribution in [0.1, 0.15) is 127 Å². The van der Waals surface area contributed by atoms with Gasteiger partial charge >= 0.3 is 0 Å². The molecule has 1 unspecified atom stereocenters. The highest BCUT2D eigenvalue weighted by Gasteiger charge is 2.52. The Balaban J connectivity index is 2.39. The van der Waals surface area contributed by atoms with Crippen molar-refractivity contribution in [3.05, 3.63) is 76.5 Å². The molecule has 2 aromatic rings. The Kier molecular flexibility index (Phi) is 7.50. The number of carbonyl (C=O) groups is 2. The minimum atomic E-state index is -1.16. The van der Waals surface area contributed by atoms with E-state index in [-0.39, 0.29) is 35.4 Å². The van der Waals surface area contributed by atoms with E-state index in [4.69, 9.17) is 0 Å². The van der Waals surface area contributed by atoms with Gasteiger partial charge in [-0.15, -0.1) is 0 Å². The van der Waals surface area contributed by atoms with Crippen molar-refractivity contribution in [1.29, 1.82) is 0 Å². The number of amides is 1. The topological polar surface area (TPSA) is 37.4 Å². The molecule has 0 aliphatic carbocycles. The Hall–Kier alpha value is -2.68. The highest BCUT2D eigenvalue weighted by atomic mass is 16.2. The summed E-state index contributed by atoms with van der Waals surface area (Å²) in [6, 6.07) is 12.6. The molecule has 188 valence electrons. The van der Waals surface area contributed by atoms with E-state index >= 15 is 0 Å². The average Bonchev–Trinajstić information content (AvgIpc) is 2.77. The van der Waals surface area contributed by atoms with Crippen LogP contribution in [0.2, 0.25) is 0 Å². The number of anilines is 1. The first-order valence-electron chi connectivity index (χ1n) is 13.1. The predicted octanol–water partition coefficient (Wildman–Crippen LogP) is 8.42. The van der Waals surface area contributed by atoms with Crippen LogP contribution in [0.15, 0.2) is 48.7 Å². The van der Waals surface area contributed by atoms with Gasteiger partial charge in [0.2, 0.25) is 5.91 Å². The summed E-state index contributed by atoms with van der Waals surface area (Å²) in [5.74, 6) is 0.105. The number of hydrogen-bond donors (Lipinski definition) is 0. The number of carbonyl (C=O) groups excluding carboxylic acids is 2. The number of allylic oxidation sites excluding steroid dienone is 1. The van der Waals surface area contributed by atoms with Gasteiger partial charge in [-0.05, 0) is 65.3 Å². The van der Waals surface area contributed by atoms with E-state index < -0.39 is 11.3 Å². The van der Waals surface area contributed by atoms with Crippen LogP contribution in [0.25, 0.3) is 0 Å². The van der Waals surface area contributed by atoms with E-state index in [1.807, 2.05) is 0 Å². The second kappa shape index (κ2) is 9.76. The average molecular weight is 474 g/mol. The number of nitrogens with zero attached hydrogens (tertiary/aromatic N) is 1. The Morgan fingerprint density at radius 2 is 1.09 bits per heavy atom. The normalized spacial score (nSPS) is 18.5. The summed E-state index contributed by atoms with van der Waals surface area (Å²) in [6.45, 7) is 25.3. The maximum Gasteiger partial charge on any atom is 0.244 e. The minimum absolute atomic E-state index is 0.0631. The van der Waals surface area contributed by atoms with Crippen molar-refractivity contribution >= 4 is 17.4 Å². The number of piperidine rings is 1. The van der Waals surface area contributed by atoms with E-state index in [1.54, 1.807) is 18.7 Å². The lowest BCUT2D eigenvalue weighted by atomic mass is 9.68. The molecule has 0 aromatic heterocycles. The molecule has 0 radical (unpaired) electrons. The molecule has 0 N–H and O–H groups in total. The Labute approximate surface area is 212 Å². The Morgan fingerprint density at radius 1 is 0.714 bits per heavy atom. The van der Waals surface area contributed by atoms with Gasteiger partial charge in [-0.25, -0.2) is 0 Å². The summed E-state index contributed by atoms with van der Waals surface area (Å²) >= 11 is 0. The van der Waals surface area contributed by atoms with Crippen molar-refractivity contribution in [3.8, 4) is 0 Å². The molecule has 0 spiro atoms. The maximum absolute atomic E-state index is 14.1. The van der Waals surface area contributed by atoms with Crippen molar-refractivity contribution in [3.63, 3.8) is 0 Å². The van der Waals surface area contributed by atoms with Gasteiger partial charge in [0, 0.05) is 5.70 Å². The van der Waals surface area contributed by atoms with Gasteiger partial charge in [0.1, 0.15) is 5.41 Å². The van der Waals surface area contributed by atoms with E-state index in [1.165, 1.54) is 0 Å². The molecule has 3 nitrogen and oxygen atoms in total. The molecule has 1 aliphatic heterocycles. The van der Waals surface area contributed by atoms with Gasteiger partial charge < -0.3 is 0 Å². The van der Waals surface area contributed by atoms with Crippen molar-refractivity contribution in [1.82, 2.24) is 0 Å². The van der Waals surface area contributed by atoms with Crippen LogP contribution in [0.4, 0.5) is 5.69 Å². The molecule has 1 atom stereocenters. The number of benzene rings is 2. The fraction of sp³-hybridized carbons (Fsp3) is 0.500. The maximum atomic E-state index is 14.1. The third kappa shape index (κ3) is 4.50. The van der Waals surface area contributed by atoms with Crippen molar-refractivity contribution < 1.29 is 9.59 Å². The van der Waals surface area contributed by atoms with Crippen LogP contribution in [-0.4, -0.2) is 11.7 Å². The second-order valence-corrected chi connectivity index (χ2v) is 11.8. The monoisotopic (exact) mass is 473 g/mol. The lowest BCUT2D eigenvalue weighted by Gasteiger charge is -2.45.